The third kappa shape index (κ3) is 5.72. The molecule has 0 fully saturated rings. The maximum atomic E-state index is 13.2. The number of nitrogens with zero attached hydrogens (tertiary/aromatic N) is 1. The summed E-state index contributed by atoms with van der Waals surface area (Å²) in [6, 6.07) is 19.1. The van der Waals surface area contributed by atoms with E-state index in [9.17, 15) is 23.6 Å². The van der Waals surface area contributed by atoms with Crippen molar-refractivity contribution in [1.29, 1.82) is 0 Å². The first-order valence-corrected chi connectivity index (χ1v) is 12.8. The van der Waals surface area contributed by atoms with Gasteiger partial charge in [0.05, 0.1) is 36.5 Å². The molecule has 0 aromatic heterocycles. The molecule has 0 radical (unpaired) electrons. The molecule has 0 heterocycles. The number of hydrogen-bond acceptors (Lipinski definition) is 8. The van der Waals surface area contributed by atoms with Crippen LogP contribution < -0.4 is 15.2 Å². The molecule has 0 atom stereocenters. The Balaban J connectivity index is 1.57. The zero-order valence-corrected chi connectivity index (χ0v) is 21.1. The minimum Gasteiger partial charge on any atom is -0.506 e. The Morgan fingerprint density at radius 1 is 0.865 bits per heavy atom. The van der Waals surface area contributed by atoms with Gasteiger partial charge in [-0.3, -0.25) is 10.1 Å². The van der Waals surface area contributed by atoms with Crippen molar-refractivity contribution in [3.05, 3.63) is 105 Å². The largest absolute Gasteiger partial charge is 0.506 e. The Bertz CT molecular complexity index is 1600. The van der Waals surface area contributed by atoms with E-state index in [1.165, 1.54) is 30.3 Å². The number of nitro benzene ring substituents is 1. The predicted octanol–water partition coefficient (Wildman–Crippen LogP) is 6.39. The number of phenolic OH excluding ortho intramolecular Hbond substituents is 1. The third-order valence-corrected chi connectivity index (χ3v) is 7.53. The number of nitrogen functional groups attached to an aromatic ring is 1. The molecule has 0 unspecified atom stereocenters. The van der Waals surface area contributed by atoms with Crippen molar-refractivity contribution >= 4 is 44.4 Å². The van der Waals surface area contributed by atoms with Gasteiger partial charge in [-0.2, -0.15) is 0 Å². The van der Waals surface area contributed by atoms with Gasteiger partial charge in [0, 0.05) is 6.07 Å². The number of anilines is 1. The summed E-state index contributed by atoms with van der Waals surface area (Å²) in [4.78, 5) is 10.3. The molecule has 37 heavy (non-hydrogen) atoms. The molecule has 9 nitrogen and oxygen atoms in total. The molecule has 0 aliphatic heterocycles. The molecule has 0 bridgehead atoms. The van der Waals surface area contributed by atoms with Gasteiger partial charge >= 0.3 is 5.69 Å². The van der Waals surface area contributed by atoms with Gasteiger partial charge < -0.3 is 20.3 Å². The fourth-order valence-electron chi connectivity index (χ4n) is 3.28. The summed E-state index contributed by atoms with van der Waals surface area (Å²) in [6.45, 7) is 0.259. The molecule has 0 saturated heterocycles. The van der Waals surface area contributed by atoms with Crippen molar-refractivity contribution in [1.82, 2.24) is 0 Å². The number of phenols is 1. The van der Waals surface area contributed by atoms with Crippen molar-refractivity contribution in [2.45, 2.75) is 16.4 Å². The average molecular weight is 561 g/mol. The van der Waals surface area contributed by atoms with Crippen LogP contribution in [-0.2, 0) is 16.4 Å². The monoisotopic (exact) mass is 560 g/mol. The highest BCUT2D eigenvalue weighted by Gasteiger charge is 2.23. The molecular weight excluding hydrogens is 543 g/mol. The Labute approximate surface area is 221 Å². The van der Waals surface area contributed by atoms with E-state index in [2.05, 4.69) is 0 Å². The molecular formula is C25H18Cl2N2O7S. The summed E-state index contributed by atoms with van der Waals surface area (Å²) in [5.74, 6) is -0.505. The first-order valence-electron chi connectivity index (χ1n) is 10.5. The van der Waals surface area contributed by atoms with Crippen molar-refractivity contribution in [3.8, 4) is 23.0 Å². The zero-order valence-electron chi connectivity index (χ0n) is 18.8. The lowest BCUT2D eigenvalue weighted by Gasteiger charge is -2.12. The quantitative estimate of drug-likeness (QED) is 0.109. The first kappa shape index (κ1) is 26.1. The van der Waals surface area contributed by atoms with Crippen LogP contribution in [0.4, 0.5) is 11.4 Å². The molecule has 190 valence electrons. The van der Waals surface area contributed by atoms with E-state index in [0.717, 1.165) is 23.8 Å². The smallest absolute Gasteiger partial charge is 0.315 e. The number of hydrogen-bond donors (Lipinski definition) is 2. The lowest BCUT2D eigenvalue weighted by atomic mass is 10.2. The number of nitrogens with two attached hydrogens (primary N) is 1. The number of nitro groups is 1. The van der Waals surface area contributed by atoms with Gasteiger partial charge in [-0.05, 0) is 42.0 Å². The van der Waals surface area contributed by atoms with Crippen LogP contribution in [0.3, 0.4) is 0 Å². The average Bonchev–Trinajstić information content (AvgIpc) is 2.86. The molecule has 4 rings (SSSR count). The lowest BCUT2D eigenvalue weighted by molar-refractivity contribution is -0.385. The molecule has 4 aromatic rings. The lowest BCUT2D eigenvalue weighted by Crippen LogP contribution is -2.03. The maximum absolute atomic E-state index is 13.2. The summed E-state index contributed by atoms with van der Waals surface area (Å²) in [5, 5.41) is 20.9. The first-order chi connectivity index (χ1) is 17.6. The van der Waals surface area contributed by atoms with Crippen LogP contribution >= 0.6 is 23.2 Å². The summed E-state index contributed by atoms with van der Waals surface area (Å²) in [7, 11) is -4.03. The SMILES string of the molecule is Nc1cc(Oc2ccc(S(=O)(=O)c3ccc(OCc4ccccc4)c(Cl)c3)cc2Cl)c([N+](=O)[O-])cc1O. The molecule has 3 N–H and O–H groups in total. The summed E-state index contributed by atoms with van der Waals surface area (Å²) in [6.07, 6.45) is 0. The molecule has 0 aliphatic rings. The van der Waals surface area contributed by atoms with E-state index < -0.39 is 26.2 Å². The highest BCUT2D eigenvalue weighted by Crippen LogP contribution is 2.41. The molecule has 12 heteroatoms. The van der Waals surface area contributed by atoms with E-state index >= 15 is 0 Å². The van der Waals surface area contributed by atoms with E-state index in [1.54, 1.807) is 0 Å². The second-order valence-electron chi connectivity index (χ2n) is 7.70. The van der Waals surface area contributed by atoms with Crippen molar-refractivity contribution in [3.63, 3.8) is 0 Å². The van der Waals surface area contributed by atoms with E-state index in [0.29, 0.717) is 5.75 Å². The second-order valence-corrected chi connectivity index (χ2v) is 10.5. The summed E-state index contributed by atoms with van der Waals surface area (Å²) in [5.41, 5.74) is 5.84. The van der Waals surface area contributed by atoms with Crippen LogP contribution in [0.2, 0.25) is 10.0 Å². The van der Waals surface area contributed by atoms with Gasteiger partial charge in [-0.25, -0.2) is 8.42 Å². The Hall–Kier alpha value is -3.99. The number of benzene rings is 4. The van der Waals surface area contributed by atoms with Gasteiger partial charge in [0.25, 0.3) is 0 Å². The fourth-order valence-corrected chi connectivity index (χ4v) is 5.18. The minimum absolute atomic E-state index is 0.0588. The van der Waals surface area contributed by atoms with Gasteiger partial charge in [0.1, 0.15) is 23.9 Å². The number of halogens is 2. The topological polar surface area (TPSA) is 142 Å². The standard InChI is InChI=1S/C25H18Cl2N2O7S/c26-18-10-16(6-8-23(18)35-14-15-4-2-1-3-5-15)37(33,34)17-7-9-24(19(27)11-17)36-25-12-20(28)22(30)13-21(25)29(31)32/h1-13,30H,14,28H2. The predicted molar refractivity (Wildman–Crippen MR) is 138 cm³/mol. The van der Waals surface area contributed by atoms with Crippen LogP contribution in [0.5, 0.6) is 23.0 Å². The van der Waals surface area contributed by atoms with E-state index in [4.69, 9.17) is 38.4 Å². The van der Waals surface area contributed by atoms with Crippen molar-refractivity contribution in [2.75, 3.05) is 5.73 Å². The van der Waals surface area contributed by atoms with Crippen LogP contribution in [0, 0.1) is 10.1 Å². The van der Waals surface area contributed by atoms with Crippen LogP contribution in [0.1, 0.15) is 5.56 Å². The Morgan fingerprint density at radius 2 is 1.46 bits per heavy atom. The summed E-state index contributed by atoms with van der Waals surface area (Å²) >= 11 is 12.5. The summed E-state index contributed by atoms with van der Waals surface area (Å²) < 4.78 is 37.6. The molecule has 0 saturated carbocycles. The van der Waals surface area contributed by atoms with Crippen molar-refractivity contribution in [2.24, 2.45) is 0 Å². The normalized spacial score (nSPS) is 11.2. The maximum Gasteiger partial charge on any atom is 0.315 e. The van der Waals surface area contributed by atoms with E-state index in [-0.39, 0.29) is 43.6 Å². The number of sulfone groups is 1. The van der Waals surface area contributed by atoms with E-state index in [1.807, 2.05) is 30.3 Å². The van der Waals surface area contributed by atoms with Gasteiger partial charge in [-0.1, -0.05) is 53.5 Å². The van der Waals surface area contributed by atoms with Crippen molar-refractivity contribution < 1.29 is 27.9 Å². The number of rotatable bonds is 8. The molecule has 0 amide bonds. The molecule has 0 aliphatic carbocycles. The minimum atomic E-state index is -4.03. The highest BCUT2D eigenvalue weighted by atomic mass is 35.5. The third-order valence-electron chi connectivity index (χ3n) is 5.19. The van der Waals surface area contributed by atoms with Crippen LogP contribution in [0.25, 0.3) is 0 Å². The fraction of sp³-hybridized carbons (Fsp3) is 0.0400. The number of ether oxygens (including phenoxy) is 2. The number of aromatic hydroxyl groups is 1. The zero-order chi connectivity index (χ0) is 26.7. The van der Waals surface area contributed by atoms with Gasteiger partial charge in [0.2, 0.25) is 15.6 Å². The molecule has 0 spiro atoms. The van der Waals surface area contributed by atoms with Crippen LogP contribution in [0.15, 0.2) is 88.7 Å². The van der Waals surface area contributed by atoms with Crippen LogP contribution in [-0.4, -0.2) is 18.4 Å². The Morgan fingerprint density at radius 3 is 2.03 bits per heavy atom. The Kier molecular flexibility index (Phi) is 7.44. The molecule has 4 aromatic carbocycles. The van der Waals surface area contributed by atoms with Gasteiger partial charge in [0.15, 0.2) is 0 Å². The van der Waals surface area contributed by atoms with Gasteiger partial charge in [-0.15, -0.1) is 0 Å². The second kappa shape index (κ2) is 10.6. The highest BCUT2D eigenvalue weighted by molar-refractivity contribution is 7.91.